The quantitative estimate of drug-likeness (QED) is 0.578. The first kappa shape index (κ1) is 23.2. The number of aryl methyl sites for hydroxylation is 1. The van der Waals surface area contributed by atoms with E-state index in [1.54, 1.807) is 41.3 Å². The Morgan fingerprint density at radius 1 is 1.12 bits per heavy atom. The van der Waals surface area contributed by atoms with Crippen LogP contribution in [0.25, 0.3) is 0 Å². The van der Waals surface area contributed by atoms with Crippen molar-refractivity contribution in [1.29, 1.82) is 0 Å². The fourth-order valence-electron chi connectivity index (χ4n) is 3.82. The number of hydrogen-bond acceptors (Lipinski definition) is 4. The summed E-state index contributed by atoms with van der Waals surface area (Å²) in [6, 6.07) is 11.3. The molecular formula is C23H26ClFN2O4S. The number of carbonyl (C=O) groups is 1. The number of hydrogen-bond donors (Lipinski definition) is 0. The predicted octanol–water partition coefficient (Wildman–Crippen LogP) is 3.62. The van der Waals surface area contributed by atoms with Crippen LogP contribution in [0.2, 0.25) is 5.02 Å². The normalized spacial score (nSPS) is 17.3. The number of halogens is 2. The summed E-state index contributed by atoms with van der Waals surface area (Å²) in [5.41, 5.74) is 1.21. The van der Waals surface area contributed by atoms with E-state index in [2.05, 4.69) is 0 Å². The second kappa shape index (κ2) is 9.87. The van der Waals surface area contributed by atoms with E-state index in [1.165, 1.54) is 10.4 Å². The Labute approximate surface area is 193 Å². The van der Waals surface area contributed by atoms with Crippen LogP contribution in [-0.2, 0) is 32.5 Å². The van der Waals surface area contributed by atoms with Gasteiger partial charge in [0.05, 0.1) is 24.7 Å². The smallest absolute Gasteiger partial charge is 0.243 e. The molecule has 0 unspecified atom stereocenters. The van der Waals surface area contributed by atoms with E-state index in [0.717, 1.165) is 18.4 Å². The van der Waals surface area contributed by atoms with Gasteiger partial charge in [0.25, 0.3) is 0 Å². The highest BCUT2D eigenvalue weighted by Crippen LogP contribution is 2.31. The Morgan fingerprint density at radius 2 is 1.81 bits per heavy atom. The molecule has 9 heteroatoms. The Morgan fingerprint density at radius 3 is 2.44 bits per heavy atom. The van der Waals surface area contributed by atoms with E-state index >= 15 is 0 Å². The summed E-state index contributed by atoms with van der Waals surface area (Å²) >= 11 is 6.15. The number of sulfonamides is 1. The van der Waals surface area contributed by atoms with Gasteiger partial charge in [-0.25, -0.2) is 12.8 Å². The van der Waals surface area contributed by atoms with Gasteiger partial charge in [-0.3, -0.25) is 4.79 Å². The zero-order valence-corrected chi connectivity index (χ0v) is 19.2. The maximum Gasteiger partial charge on any atom is 0.243 e. The molecule has 0 spiro atoms. The molecule has 2 fully saturated rings. The van der Waals surface area contributed by atoms with Crippen LogP contribution < -0.4 is 0 Å². The van der Waals surface area contributed by atoms with Crippen LogP contribution in [0.4, 0.5) is 4.39 Å². The second-order valence-corrected chi connectivity index (χ2v) is 10.5. The van der Waals surface area contributed by atoms with Crippen LogP contribution >= 0.6 is 11.6 Å². The fraction of sp³-hybridized carbons (Fsp3) is 0.435. The van der Waals surface area contributed by atoms with Gasteiger partial charge >= 0.3 is 0 Å². The van der Waals surface area contributed by atoms with Crippen LogP contribution in [0, 0.1) is 5.82 Å². The molecule has 32 heavy (non-hydrogen) atoms. The van der Waals surface area contributed by atoms with Crippen molar-refractivity contribution in [3.05, 3.63) is 64.4 Å². The van der Waals surface area contributed by atoms with E-state index in [0.29, 0.717) is 43.3 Å². The molecule has 0 radical (unpaired) electrons. The Balaban J connectivity index is 1.38. The average Bonchev–Trinajstić information content (AvgIpc) is 3.63. The fourth-order valence-corrected chi connectivity index (χ4v) is 5.45. The van der Waals surface area contributed by atoms with Gasteiger partial charge in [-0.1, -0.05) is 29.8 Å². The van der Waals surface area contributed by atoms with Crippen molar-refractivity contribution in [2.24, 2.45) is 0 Å². The van der Waals surface area contributed by atoms with Gasteiger partial charge in [-0.15, -0.1) is 0 Å². The molecule has 0 bridgehead atoms. The minimum atomic E-state index is -3.54. The van der Waals surface area contributed by atoms with E-state index < -0.39 is 15.8 Å². The van der Waals surface area contributed by atoms with Crippen LogP contribution in [0.3, 0.4) is 0 Å². The lowest BCUT2D eigenvalue weighted by atomic mass is 10.1. The lowest BCUT2D eigenvalue weighted by Gasteiger charge is -2.26. The lowest BCUT2D eigenvalue weighted by Crippen LogP contribution is -2.40. The average molecular weight is 481 g/mol. The standard InChI is InChI=1S/C23H26ClFN2O4S/c24-21-2-1-3-22(25)20(21)16-27(18-7-8-18)23(28)11-6-17-4-9-19(10-5-17)32(29,30)26-12-14-31-15-13-26/h1-5,9-10,18H,6-8,11-16H2. The monoisotopic (exact) mass is 480 g/mol. The highest BCUT2D eigenvalue weighted by molar-refractivity contribution is 7.89. The molecule has 2 aliphatic rings. The van der Waals surface area contributed by atoms with Crippen LogP contribution in [0.1, 0.15) is 30.4 Å². The van der Waals surface area contributed by atoms with Gasteiger partial charge in [0, 0.05) is 36.1 Å². The molecule has 1 aliphatic heterocycles. The van der Waals surface area contributed by atoms with Crippen molar-refractivity contribution in [2.75, 3.05) is 26.3 Å². The molecule has 1 heterocycles. The first-order valence-corrected chi connectivity index (χ1v) is 12.6. The molecule has 2 aromatic carbocycles. The predicted molar refractivity (Wildman–Crippen MR) is 119 cm³/mol. The Bertz CT molecular complexity index is 1050. The van der Waals surface area contributed by atoms with Crippen molar-refractivity contribution >= 4 is 27.5 Å². The highest BCUT2D eigenvalue weighted by Gasteiger charge is 2.33. The van der Waals surface area contributed by atoms with Crippen molar-refractivity contribution < 1.29 is 22.3 Å². The Kier molecular flexibility index (Phi) is 7.14. The van der Waals surface area contributed by atoms with Gasteiger partial charge in [0.2, 0.25) is 15.9 Å². The van der Waals surface area contributed by atoms with E-state index in [4.69, 9.17) is 16.3 Å². The zero-order valence-electron chi connectivity index (χ0n) is 17.7. The topological polar surface area (TPSA) is 66.9 Å². The third-order valence-corrected chi connectivity index (χ3v) is 8.12. The number of rotatable bonds is 8. The lowest BCUT2D eigenvalue weighted by molar-refractivity contribution is -0.132. The number of amides is 1. The van der Waals surface area contributed by atoms with Crippen LogP contribution in [0.15, 0.2) is 47.4 Å². The number of morpholine rings is 1. The van der Waals surface area contributed by atoms with E-state index in [1.807, 2.05) is 0 Å². The molecule has 1 saturated heterocycles. The summed E-state index contributed by atoms with van der Waals surface area (Å²) in [6.07, 6.45) is 2.56. The largest absolute Gasteiger partial charge is 0.379 e. The first-order valence-electron chi connectivity index (χ1n) is 10.8. The van der Waals surface area contributed by atoms with Gasteiger partial charge < -0.3 is 9.64 Å². The van der Waals surface area contributed by atoms with Crippen molar-refractivity contribution in [1.82, 2.24) is 9.21 Å². The molecule has 6 nitrogen and oxygen atoms in total. The SMILES string of the molecule is O=C(CCc1ccc(S(=O)(=O)N2CCOCC2)cc1)N(Cc1c(F)cccc1Cl)C1CC1. The summed E-state index contributed by atoms with van der Waals surface area (Å²) < 4.78 is 46.3. The number of ether oxygens (including phenoxy) is 1. The third kappa shape index (κ3) is 5.31. The van der Waals surface area contributed by atoms with Crippen molar-refractivity contribution in [3.63, 3.8) is 0 Å². The summed E-state index contributed by atoms with van der Waals surface area (Å²) in [4.78, 5) is 14.9. The van der Waals surface area contributed by atoms with E-state index in [9.17, 15) is 17.6 Å². The maximum atomic E-state index is 14.2. The van der Waals surface area contributed by atoms with Crippen molar-refractivity contribution in [2.45, 2.75) is 43.2 Å². The summed E-state index contributed by atoms with van der Waals surface area (Å²) in [7, 11) is -3.54. The molecule has 4 rings (SSSR count). The minimum Gasteiger partial charge on any atom is -0.379 e. The summed E-state index contributed by atoms with van der Waals surface area (Å²) in [5.74, 6) is -0.468. The molecule has 1 amide bonds. The summed E-state index contributed by atoms with van der Waals surface area (Å²) in [5, 5.41) is 0.320. The molecule has 0 N–H and O–H groups in total. The highest BCUT2D eigenvalue weighted by atomic mass is 35.5. The third-order valence-electron chi connectivity index (χ3n) is 5.86. The number of carbonyl (C=O) groups excluding carboxylic acids is 1. The molecule has 172 valence electrons. The Hall–Kier alpha value is -2.00. The minimum absolute atomic E-state index is 0.0585. The van der Waals surface area contributed by atoms with Gasteiger partial charge in [0.15, 0.2) is 0 Å². The van der Waals surface area contributed by atoms with Crippen LogP contribution in [-0.4, -0.2) is 55.9 Å². The van der Waals surface area contributed by atoms with Gasteiger partial charge in [0.1, 0.15) is 5.82 Å². The van der Waals surface area contributed by atoms with Crippen molar-refractivity contribution in [3.8, 4) is 0 Å². The zero-order chi connectivity index (χ0) is 22.7. The maximum absolute atomic E-state index is 14.2. The first-order chi connectivity index (χ1) is 15.4. The number of benzene rings is 2. The molecule has 1 saturated carbocycles. The van der Waals surface area contributed by atoms with Crippen LogP contribution in [0.5, 0.6) is 0 Å². The molecular weight excluding hydrogens is 455 g/mol. The number of nitrogens with zero attached hydrogens (tertiary/aromatic N) is 2. The molecule has 1 aliphatic carbocycles. The van der Waals surface area contributed by atoms with E-state index in [-0.39, 0.29) is 29.8 Å². The molecule has 0 atom stereocenters. The molecule has 2 aromatic rings. The molecule has 0 aromatic heterocycles. The summed E-state index contributed by atoms with van der Waals surface area (Å²) in [6.45, 7) is 1.65. The van der Waals surface area contributed by atoms with Gasteiger partial charge in [-0.05, 0) is 49.1 Å². The second-order valence-electron chi connectivity index (χ2n) is 8.11. The van der Waals surface area contributed by atoms with Gasteiger partial charge in [-0.2, -0.15) is 4.31 Å².